The van der Waals surface area contributed by atoms with Crippen molar-refractivity contribution < 1.29 is 76.5 Å². The molecule has 0 unspecified atom stereocenters. The highest BCUT2D eigenvalue weighted by atomic mass is 79.9. The Morgan fingerprint density at radius 3 is 1.38 bits per heavy atom. The van der Waals surface area contributed by atoms with Gasteiger partial charge in [-0.2, -0.15) is 34.4 Å². The number of phenolic OH excluding ortho intramolecular Hbond substituents is 1. The van der Waals surface area contributed by atoms with Gasteiger partial charge in [-0.15, -0.1) is 6.42 Å². The predicted octanol–water partition coefficient (Wildman–Crippen LogP) is 19.0. The summed E-state index contributed by atoms with van der Waals surface area (Å²) >= 11 is 16.4. The van der Waals surface area contributed by atoms with Gasteiger partial charge in [0.25, 0.3) is 0 Å². The van der Waals surface area contributed by atoms with Crippen molar-refractivity contribution in [3.63, 3.8) is 0 Å². The highest BCUT2D eigenvalue weighted by Gasteiger charge is 2.32. The molecule has 29 heteroatoms. The van der Waals surface area contributed by atoms with Gasteiger partial charge in [0.1, 0.15) is 90.1 Å². The maximum atomic E-state index is 12.5. The van der Waals surface area contributed by atoms with Crippen LogP contribution >= 0.6 is 79.6 Å². The number of carbonyl (C=O) groups is 6. The molecule has 0 fully saturated rings. The van der Waals surface area contributed by atoms with Crippen LogP contribution in [0.15, 0.2) is 158 Å². The number of fused-ring (bicyclic) bond motifs is 12. The molecule has 0 saturated heterocycles. The number of aldehydes is 2. The number of carbonyl (C=O) groups excluding carboxylic acids is 6. The van der Waals surface area contributed by atoms with Crippen molar-refractivity contribution in [3.05, 3.63) is 203 Å². The van der Waals surface area contributed by atoms with Gasteiger partial charge in [-0.1, -0.05) is 104 Å². The monoisotopic (exact) mass is 1770 g/mol. The molecule has 0 saturated carbocycles. The largest absolute Gasteiger partial charge is 0.507 e. The molecule has 4 aliphatic rings. The SMILES string of the molecule is Brc1ccc2c(c1)OCc1cn[nH]c1-2.C#CCOc1cc(Br)ccc1C=O.C=C(OCC)c1ccc2c(c1)OCc1cnn(C(=O)OC(C)(C)C)c1-2.CC(C)(C)OC(=O)n1ncc2c1-c1ccc(Br)cc1OC2.CC(C)(C)OC(=O)n1ncc2c1-c1ccc(C(=O)CBr)cc1OC2.O=Cc1ccc(Br)cc1O. The van der Waals surface area contributed by atoms with Crippen molar-refractivity contribution >= 4 is 122 Å². The summed E-state index contributed by atoms with van der Waals surface area (Å²) in [6, 6.07) is 32.4. The van der Waals surface area contributed by atoms with Crippen molar-refractivity contribution in [1.82, 2.24) is 39.5 Å². The topological polar surface area (TPSA) is 288 Å². The van der Waals surface area contributed by atoms with Crippen LogP contribution in [0.4, 0.5) is 14.4 Å². The number of halogens is 5. The first kappa shape index (κ1) is 81.0. The number of hydrogen-bond donors (Lipinski definition) is 2. The smallest absolute Gasteiger partial charge is 0.435 e. The molecule has 4 aliphatic heterocycles. The maximum absolute atomic E-state index is 12.5. The van der Waals surface area contributed by atoms with Gasteiger partial charge in [0.2, 0.25) is 0 Å². The number of aromatic hydroxyl groups is 1. The molecule has 0 amide bonds. The quantitative estimate of drug-likeness (QED) is 0.0339. The third-order valence-electron chi connectivity index (χ3n) is 15.0. The van der Waals surface area contributed by atoms with E-state index in [1.54, 1.807) is 94.1 Å². The number of phenols is 1. The minimum absolute atomic E-state index is 0.00405. The van der Waals surface area contributed by atoms with E-state index in [1.165, 1.54) is 20.1 Å². The summed E-state index contributed by atoms with van der Waals surface area (Å²) in [4.78, 5) is 69.7. The number of alkyl halides is 1. The second-order valence-corrected chi connectivity index (χ2v) is 30.6. The van der Waals surface area contributed by atoms with E-state index in [0.717, 1.165) is 91.6 Å². The number of hydrogen-bond acceptors (Lipinski definition) is 20. The van der Waals surface area contributed by atoms with Crippen LogP contribution in [-0.2, 0) is 45.4 Å². The number of aromatic amines is 1. The summed E-state index contributed by atoms with van der Waals surface area (Å²) in [6.45, 7) is 24.5. The van der Waals surface area contributed by atoms with Crippen molar-refractivity contribution in [1.29, 1.82) is 0 Å². The van der Waals surface area contributed by atoms with Gasteiger partial charge in [-0.3, -0.25) is 19.5 Å². The lowest BCUT2D eigenvalue weighted by Crippen LogP contribution is -2.28. The Morgan fingerprint density at radius 2 is 0.944 bits per heavy atom. The van der Waals surface area contributed by atoms with Crippen LogP contribution in [0.3, 0.4) is 0 Å². The number of Topliss-reactive ketones (excluding diaryl/α,β-unsaturated/α-hetero) is 1. The first-order chi connectivity index (χ1) is 50.8. The van der Waals surface area contributed by atoms with Gasteiger partial charge in [-0.05, 0) is 166 Å². The number of rotatable bonds is 9. The molecule has 14 rings (SSSR count). The Balaban J connectivity index is 0.000000152. The molecule has 8 heterocycles. The Labute approximate surface area is 659 Å². The van der Waals surface area contributed by atoms with Gasteiger partial charge in [0.05, 0.1) is 70.6 Å². The normalized spacial score (nSPS) is 12.1. The van der Waals surface area contributed by atoms with Crippen molar-refractivity contribution in [3.8, 4) is 91.9 Å². The number of aromatic nitrogens is 8. The maximum Gasteiger partial charge on any atom is 0.435 e. The van der Waals surface area contributed by atoms with E-state index in [2.05, 4.69) is 118 Å². The molecule has 0 radical (unpaired) electrons. The van der Waals surface area contributed by atoms with E-state index in [9.17, 15) is 28.8 Å². The van der Waals surface area contributed by atoms with Gasteiger partial charge < -0.3 is 47.7 Å². The van der Waals surface area contributed by atoms with Crippen LogP contribution in [-0.4, -0.2) is 117 Å². The minimum Gasteiger partial charge on any atom is -0.507 e. The van der Waals surface area contributed by atoms with Crippen LogP contribution < -0.4 is 23.7 Å². The van der Waals surface area contributed by atoms with Crippen LogP contribution in [0, 0.1) is 12.3 Å². The Kier molecular flexibility index (Phi) is 26.9. The van der Waals surface area contributed by atoms with Crippen molar-refractivity contribution in [2.24, 2.45) is 0 Å². The molecule has 0 atom stereocenters. The van der Waals surface area contributed by atoms with Gasteiger partial charge in [0, 0.05) is 73.5 Å². The standard InChI is InChI=1S/C19H22N2O4.C17H17BrN2O4.C15H15BrN2O3.C10H7BrN2O.C10H7BrO2.C7H5BrO2/c1-6-23-12(2)13-7-8-15-16(9-13)24-11-14-10-20-21(17(14)15)18(22)25-19(3,4)5;1-17(2,3)24-16(22)20-15-11(8-19-20)9-23-14-6-10(13(21)7-18)4-5-12(14)15;1-15(2,3)21-14(19)18-13-9(7-17-18)8-20-12-6-10(16)4-5-11(12)13;11-7-1-2-8-9(3-7)14-5-6-4-12-13-10(6)8;1-2-5-13-10-6-9(11)4-3-8(10)7-12;8-6-2-1-5(4-9)7(10)3-6/h7-10H,2,6,11H2,1,3-5H3;4-6,8H,7,9H2,1-3H3;4-7H,8H2,1-3H3;1-4H,5H2,(H,12,13);1,3-4,6-7H,5H2;1-4,10H. The van der Waals surface area contributed by atoms with E-state index < -0.39 is 35.1 Å². The molecule has 107 heavy (non-hydrogen) atoms. The zero-order chi connectivity index (χ0) is 77.7. The first-order valence-electron chi connectivity index (χ1n) is 32.8. The van der Waals surface area contributed by atoms with E-state index in [0.29, 0.717) is 89.4 Å². The summed E-state index contributed by atoms with van der Waals surface area (Å²) in [7, 11) is 0. The van der Waals surface area contributed by atoms with Gasteiger partial charge >= 0.3 is 18.3 Å². The fourth-order valence-electron chi connectivity index (χ4n) is 10.4. The number of benzene rings is 6. The molecule has 0 aliphatic carbocycles. The molecular formula is C78H73Br5N8O16. The van der Waals surface area contributed by atoms with Gasteiger partial charge in [-0.25, -0.2) is 14.4 Å². The fourth-order valence-corrected chi connectivity index (χ4v) is 12.1. The predicted molar refractivity (Wildman–Crippen MR) is 418 cm³/mol. The minimum atomic E-state index is -0.615. The first-order valence-corrected chi connectivity index (χ1v) is 37.1. The third-order valence-corrected chi connectivity index (χ3v) is 17.5. The number of terminal acetylenes is 1. The average Bonchev–Trinajstić information content (AvgIpc) is 1.69. The Hall–Kier alpha value is -10.1. The summed E-state index contributed by atoms with van der Waals surface area (Å²) in [6.07, 6.45) is 11.5. The number of ether oxygens (including phenoxy) is 9. The lowest BCUT2D eigenvalue weighted by atomic mass is 10.0. The van der Waals surface area contributed by atoms with E-state index >= 15 is 0 Å². The third kappa shape index (κ3) is 20.9. The van der Waals surface area contributed by atoms with Crippen LogP contribution in [0.5, 0.6) is 34.5 Å². The van der Waals surface area contributed by atoms with E-state index in [4.69, 9.17) is 54.2 Å². The molecule has 2 N–H and O–H groups in total. The molecule has 4 aromatic heterocycles. The molecule has 24 nitrogen and oxygen atoms in total. The summed E-state index contributed by atoms with van der Waals surface area (Å²) in [5, 5.41) is 28.8. The second kappa shape index (κ2) is 35.5. The molecule has 6 aromatic carbocycles. The van der Waals surface area contributed by atoms with Crippen LogP contribution in [0.25, 0.3) is 50.8 Å². The molecule has 556 valence electrons. The zero-order valence-corrected chi connectivity index (χ0v) is 67.6. The second-order valence-electron chi connectivity index (χ2n) is 26.4. The summed E-state index contributed by atoms with van der Waals surface area (Å²) in [5.74, 6) is 6.23. The zero-order valence-electron chi connectivity index (χ0n) is 59.7. The fraction of sp³-hybridized carbons (Fsp3) is 0.256. The number of nitrogens with one attached hydrogen (secondary N) is 1. The number of nitrogens with zero attached hydrogens (tertiary/aromatic N) is 7. The summed E-state index contributed by atoms with van der Waals surface area (Å²) < 4.78 is 57.1. The molecule has 0 spiro atoms. The van der Waals surface area contributed by atoms with Crippen LogP contribution in [0.2, 0.25) is 0 Å². The highest BCUT2D eigenvalue weighted by molar-refractivity contribution is 9.11. The van der Waals surface area contributed by atoms with Crippen molar-refractivity contribution in [2.45, 2.75) is 112 Å². The van der Waals surface area contributed by atoms with Crippen LogP contribution in [0.1, 0.15) is 128 Å². The molecule has 0 bridgehead atoms. The Morgan fingerprint density at radius 1 is 0.551 bits per heavy atom. The molecular weight excluding hydrogens is 1700 g/mol. The number of ketones is 1. The highest BCUT2D eigenvalue weighted by Crippen LogP contribution is 2.43. The molecule has 10 aromatic rings. The summed E-state index contributed by atoms with van der Waals surface area (Å²) in [5.41, 5.74) is 10.6. The van der Waals surface area contributed by atoms with Crippen molar-refractivity contribution in [2.75, 3.05) is 18.5 Å². The lowest BCUT2D eigenvalue weighted by Gasteiger charge is -2.22. The van der Waals surface area contributed by atoms with Gasteiger partial charge in [0.15, 0.2) is 18.4 Å². The van der Waals surface area contributed by atoms with E-state index in [-0.39, 0.29) is 30.1 Å². The number of H-pyrrole nitrogens is 1. The lowest BCUT2D eigenvalue weighted by molar-refractivity contribution is 0.0506. The Bertz CT molecular complexity index is 5030. The average molecular weight is 1780 g/mol. The van der Waals surface area contributed by atoms with E-state index in [1.807, 2.05) is 103 Å².